The molecule has 3 rings (SSSR count). The van der Waals surface area contributed by atoms with Crippen LogP contribution in [0.5, 0.6) is 0 Å². The lowest BCUT2D eigenvalue weighted by molar-refractivity contribution is 0.0624. The van der Waals surface area contributed by atoms with Crippen LogP contribution < -0.4 is 5.32 Å². The fourth-order valence-corrected chi connectivity index (χ4v) is 2.86. The van der Waals surface area contributed by atoms with Crippen molar-refractivity contribution in [2.24, 2.45) is 0 Å². The number of amides is 1. The van der Waals surface area contributed by atoms with Crippen molar-refractivity contribution >= 4 is 32.6 Å². The Bertz CT molecular complexity index is 635. The smallest absolute Gasteiger partial charge is 0.251 e. The highest BCUT2D eigenvalue weighted by molar-refractivity contribution is 9.10. The molecule has 0 aromatic heterocycles. The van der Waals surface area contributed by atoms with Crippen LogP contribution in [0.2, 0.25) is 0 Å². The molecule has 0 radical (unpaired) electrons. The van der Waals surface area contributed by atoms with Gasteiger partial charge in [0.2, 0.25) is 0 Å². The molecule has 3 nitrogen and oxygen atoms in total. The minimum absolute atomic E-state index is 0.0229. The Morgan fingerprint density at radius 3 is 2.80 bits per heavy atom. The van der Waals surface area contributed by atoms with Crippen molar-refractivity contribution in [3.63, 3.8) is 0 Å². The Balaban J connectivity index is 1.78. The predicted molar refractivity (Wildman–Crippen MR) is 83.0 cm³/mol. The maximum atomic E-state index is 12.2. The lowest BCUT2D eigenvalue weighted by Gasteiger charge is -2.23. The molecule has 0 spiro atoms. The number of carbonyl (C=O) groups excluding carboxylic acids is 1. The molecule has 0 bridgehead atoms. The summed E-state index contributed by atoms with van der Waals surface area (Å²) in [5, 5.41) is 5.23. The number of rotatable bonds is 2. The third kappa shape index (κ3) is 3.02. The number of ether oxygens (including phenoxy) is 1. The number of halogens is 1. The van der Waals surface area contributed by atoms with Gasteiger partial charge in [0.15, 0.2) is 0 Å². The van der Waals surface area contributed by atoms with Crippen LogP contribution in [0.3, 0.4) is 0 Å². The van der Waals surface area contributed by atoms with Crippen molar-refractivity contribution in [3.05, 3.63) is 46.4 Å². The minimum atomic E-state index is -0.0229. The van der Waals surface area contributed by atoms with Crippen molar-refractivity contribution in [1.29, 1.82) is 0 Å². The third-order valence-electron chi connectivity index (χ3n) is 3.56. The van der Waals surface area contributed by atoms with E-state index in [-0.39, 0.29) is 11.9 Å². The zero-order valence-electron chi connectivity index (χ0n) is 11.1. The molecular weight excluding hydrogens is 318 g/mol. The maximum Gasteiger partial charge on any atom is 0.251 e. The molecular formula is C16H16BrNO2. The zero-order chi connectivity index (χ0) is 13.9. The average molecular weight is 334 g/mol. The highest BCUT2D eigenvalue weighted by Crippen LogP contribution is 2.21. The molecule has 2 aromatic rings. The molecule has 0 aliphatic carbocycles. The Morgan fingerprint density at radius 1 is 1.20 bits per heavy atom. The molecule has 0 saturated carbocycles. The first-order valence-corrected chi connectivity index (χ1v) is 7.59. The van der Waals surface area contributed by atoms with E-state index >= 15 is 0 Å². The van der Waals surface area contributed by atoms with E-state index in [2.05, 4.69) is 21.2 Å². The van der Waals surface area contributed by atoms with Gasteiger partial charge in [-0.2, -0.15) is 0 Å². The van der Waals surface area contributed by atoms with E-state index in [0.717, 1.165) is 34.7 Å². The molecule has 1 N–H and O–H groups in total. The number of benzene rings is 2. The second kappa shape index (κ2) is 5.94. The Labute approximate surface area is 126 Å². The van der Waals surface area contributed by atoms with Gasteiger partial charge in [-0.15, -0.1) is 0 Å². The van der Waals surface area contributed by atoms with Crippen LogP contribution in [0.4, 0.5) is 0 Å². The fraction of sp³-hybridized carbons (Fsp3) is 0.312. The first kappa shape index (κ1) is 13.6. The number of hydrogen-bond acceptors (Lipinski definition) is 2. The topological polar surface area (TPSA) is 38.3 Å². The summed E-state index contributed by atoms with van der Waals surface area (Å²) in [6.45, 7) is 1.42. The first-order valence-electron chi connectivity index (χ1n) is 6.80. The Morgan fingerprint density at radius 2 is 2.00 bits per heavy atom. The van der Waals surface area contributed by atoms with Crippen LogP contribution in [-0.4, -0.2) is 25.2 Å². The normalized spacial score (nSPS) is 18.9. The lowest BCUT2D eigenvalue weighted by Crippen LogP contribution is -2.40. The summed E-state index contributed by atoms with van der Waals surface area (Å²) in [5.41, 5.74) is 0.699. The van der Waals surface area contributed by atoms with E-state index in [4.69, 9.17) is 4.74 Å². The van der Waals surface area contributed by atoms with Crippen LogP contribution in [0.15, 0.2) is 40.9 Å². The predicted octanol–water partition coefficient (Wildman–Crippen LogP) is 3.51. The van der Waals surface area contributed by atoms with E-state index < -0.39 is 0 Å². The van der Waals surface area contributed by atoms with E-state index in [9.17, 15) is 4.79 Å². The van der Waals surface area contributed by atoms with Crippen LogP contribution in [0.25, 0.3) is 10.8 Å². The zero-order valence-corrected chi connectivity index (χ0v) is 12.7. The van der Waals surface area contributed by atoms with Gasteiger partial charge >= 0.3 is 0 Å². The monoisotopic (exact) mass is 333 g/mol. The summed E-state index contributed by atoms with van der Waals surface area (Å²) in [6, 6.07) is 12.0. The number of hydrogen-bond donors (Lipinski definition) is 1. The molecule has 4 heteroatoms. The third-order valence-corrected chi connectivity index (χ3v) is 4.05. The van der Waals surface area contributed by atoms with Crippen molar-refractivity contribution in [2.75, 3.05) is 13.2 Å². The SMILES string of the molecule is O=C(NC1CCCOC1)c1ccc2cc(Br)ccc2c1. The second-order valence-electron chi connectivity index (χ2n) is 5.09. The molecule has 1 fully saturated rings. The number of nitrogens with one attached hydrogen (secondary N) is 1. The Kier molecular flexibility index (Phi) is 4.03. The van der Waals surface area contributed by atoms with E-state index in [1.807, 2.05) is 36.4 Å². The standard InChI is InChI=1S/C16H16BrNO2/c17-14-6-5-11-8-13(4-3-12(11)9-14)16(19)18-15-2-1-7-20-10-15/h3-6,8-9,15H,1-2,7,10H2,(H,18,19). The van der Waals surface area contributed by atoms with Gasteiger partial charge in [0.1, 0.15) is 0 Å². The summed E-state index contributed by atoms with van der Waals surface area (Å²) in [4.78, 5) is 12.2. The summed E-state index contributed by atoms with van der Waals surface area (Å²) < 4.78 is 6.43. The van der Waals surface area contributed by atoms with Crippen LogP contribution in [0, 0.1) is 0 Å². The molecule has 1 amide bonds. The molecule has 1 heterocycles. The van der Waals surface area contributed by atoms with Crippen LogP contribution in [0.1, 0.15) is 23.2 Å². The highest BCUT2D eigenvalue weighted by Gasteiger charge is 2.17. The molecule has 20 heavy (non-hydrogen) atoms. The second-order valence-corrected chi connectivity index (χ2v) is 6.01. The van der Waals surface area contributed by atoms with Gasteiger partial charge in [-0.3, -0.25) is 4.79 Å². The van der Waals surface area contributed by atoms with E-state index in [1.54, 1.807) is 0 Å². The van der Waals surface area contributed by atoms with Crippen molar-refractivity contribution in [2.45, 2.75) is 18.9 Å². The molecule has 1 aliphatic heterocycles. The summed E-state index contributed by atoms with van der Waals surface area (Å²) in [5.74, 6) is -0.0229. The average Bonchev–Trinajstić information content (AvgIpc) is 2.47. The summed E-state index contributed by atoms with van der Waals surface area (Å²) in [7, 11) is 0. The van der Waals surface area contributed by atoms with Crippen LogP contribution >= 0.6 is 15.9 Å². The summed E-state index contributed by atoms with van der Waals surface area (Å²) in [6.07, 6.45) is 2.00. The number of carbonyl (C=O) groups is 1. The minimum Gasteiger partial charge on any atom is -0.379 e. The fourth-order valence-electron chi connectivity index (χ4n) is 2.48. The van der Waals surface area contributed by atoms with Crippen molar-refractivity contribution in [1.82, 2.24) is 5.32 Å². The van der Waals surface area contributed by atoms with Crippen molar-refractivity contribution < 1.29 is 9.53 Å². The van der Waals surface area contributed by atoms with Crippen LogP contribution in [-0.2, 0) is 4.74 Å². The number of fused-ring (bicyclic) bond motifs is 1. The van der Waals surface area contributed by atoms with Gasteiger partial charge in [0, 0.05) is 16.6 Å². The highest BCUT2D eigenvalue weighted by atomic mass is 79.9. The maximum absolute atomic E-state index is 12.2. The van der Waals surface area contributed by atoms with E-state index in [0.29, 0.717) is 12.2 Å². The van der Waals surface area contributed by atoms with Gasteiger partial charge in [-0.05, 0) is 47.9 Å². The van der Waals surface area contributed by atoms with Gasteiger partial charge in [0.25, 0.3) is 5.91 Å². The summed E-state index contributed by atoms with van der Waals surface area (Å²) >= 11 is 3.45. The molecule has 1 atom stereocenters. The van der Waals surface area contributed by atoms with Gasteiger partial charge in [-0.25, -0.2) is 0 Å². The molecule has 1 aliphatic rings. The molecule has 2 aromatic carbocycles. The van der Waals surface area contributed by atoms with Crippen molar-refractivity contribution in [3.8, 4) is 0 Å². The molecule has 104 valence electrons. The largest absolute Gasteiger partial charge is 0.379 e. The quantitative estimate of drug-likeness (QED) is 0.913. The molecule has 1 unspecified atom stereocenters. The van der Waals surface area contributed by atoms with Gasteiger partial charge in [0.05, 0.1) is 12.6 Å². The van der Waals surface area contributed by atoms with Gasteiger partial charge in [-0.1, -0.05) is 28.1 Å². The Hall–Kier alpha value is -1.39. The van der Waals surface area contributed by atoms with E-state index in [1.165, 1.54) is 0 Å². The first-order chi connectivity index (χ1) is 9.72. The molecule has 1 saturated heterocycles. The lowest BCUT2D eigenvalue weighted by atomic mass is 10.1. The van der Waals surface area contributed by atoms with Gasteiger partial charge < -0.3 is 10.1 Å².